The number of aliphatic carboxylic acids is 1. The van der Waals surface area contributed by atoms with Gasteiger partial charge in [-0.25, -0.2) is 4.79 Å². The van der Waals surface area contributed by atoms with E-state index in [1.807, 2.05) is 13.8 Å². The quantitative estimate of drug-likeness (QED) is 0.751. The summed E-state index contributed by atoms with van der Waals surface area (Å²) < 4.78 is 0. The fourth-order valence-electron chi connectivity index (χ4n) is 2.61. The summed E-state index contributed by atoms with van der Waals surface area (Å²) in [6.45, 7) is 8.35. The number of likely N-dealkylation sites (tertiary alicyclic amines) is 1. The molecule has 108 valence electrons. The van der Waals surface area contributed by atoms with Gasteiger partial charge in [0.2, 0.25) is 0 Å². The van der Waals surface area contributed by atoms with Crippen LogP contribution in [0.2, 0.25) is 0 Å². The first-order chi connectivity index (χ1) is 8.95. The summed E-state index contributed by atoms with van der Waals surface area (Å²) in [5, 5.41) is 12.3. The molecule has 2 unspecified atom stereocenters. The lowest BCUT2D eigenvalue weighted by Gasteiger charge is -2.40. The van der Waals surface area contributed by atoms with Gasteiger partial charge in [0, 0.05) is 19.1 Å². The number of hydrogen-bond donors (Lipinski definition) is 2. The zero-order chi connectivity index (χ0) is 14.5. The van der Waals surface area contributed by atoms with Crippen molar-refractivity contribution < 1.29 is 14.7 Å². The molecule has 19 heavy (non-hydrogen) atoms. The number of hydrogen-bond acceptors (Lipinski definition) is 2. The fraction of sp³-hybridized carbons (Fsp3) is 0.714. The van der Waals surface area contributed by atoms with Crippen molar-refractivity contribution in [2.45, 2.75) is 45.6 Å². The average molecular weight is 268 g/mol. The molecule has 5 nitrogen and oxygen atoms in total. The Morgan fingerprint density at radius 2 is 2.26 bits per heavy atom. The van der Waals surface area contributed by atoms with E-state index in [0.29, 0.717) is 25.9 Å². The van der Waals surface area contributed by atoms with Crippen LogP contribution in [-0.4, -0.2) is 41.1 Å². The highest BCUT2D eigenvalue weighted by atomic mass is 16.4. The maximum Gasteiger partial charge on any atom is 0.317 e. The van der Waals surface area contributed by atoms with E-state index in [4.69, 9.17) is 0 Å². The number of urea groups is 1. The van der Waals surface area contributed by atoms with E-state index < -0.39 is 11.4 Å². The van der Waals surface area contributed by atoms with E-state index in [2.05, 4.69) is 11.9 Å². The highest BCUT2D eigenvalue weighted by molar-refractivity contribution is 5.79. The van der Waals surface area contributed by atoms with E-state index in [9.17, 15) is 14.7 Å². The molecule has 1 aliphatic rings. The largest absolute Gasteiger partial charge is 0.481 e. The van der Waals surface area contributed by atoms with Gasteiger partial charge in [0.1, 0.15) is 0 Å². The lowest BCUT2D eigenvalue weighted by Crippen LogP contribution is -2.53. The SMILES string of the molecule is C=CC(C)NC(=O)N1CCCC(CCC)(C(=O)O)C1. The maximum absolute atomic E-state index is 12.1. The van der Waals surface area contributed by atoms with Gasteiger partial charge in [-0.3, -0.25) is 4.79 Å². The molecule has 0 saturated carbocycles. The molecule has 5 heteroatoms. The average Bonchev–Trinajstić information content (AvgIpc) is 2.39. The Morgan fingerprint density at radius 3 is 2.79 bits per heavy atom. The topological polar surface area (TPSA) is 69.6 Å². The molecule has 0 aromatic carbocycles. The van der Waals surface area contributed by atoms with Gasteiger partial charge in [-0.05, 0) is 26.2 Å². The molecule has 1 aliphatic heterocycles. The van der Waals surface area contributed by atoms with E-state index in [-0.39, 0.29) is 12.1 Å². The van der Waals surface area contributed by atoms with Gasteiger partial charge in [-0.15, -0.1) is 6.58 Å². The molecule has 0 aromatic rings. The van der Waals surface area contributed by atoms with Crippen LogP contribution < -0.4 is 5.32 Å². The normalized spacial score (nSPS) is 24.6. The Kier molecular flexibility index (Phi) is 5.39. The minimum atomic E-state index is -0.788. The van der Waals surface area contributed by atoms with E-state index >= 15 is 0 Å². The number of carbonyl (C=O) groups excluding carboxylic acids is 1. The van der Waals surface area contributed by atoms with Gasteiger partial charge in [0.05, 0.1) is 5.41 Å². The molecule has 2 atom stereocenters. The van der Waals surface area contributed by atoms with Gasteiger partial charge in [-0.1, -0.05) is 19.4 Å². The van der Waals surface area contributed by atoms with E-state index in [1.165, 1.54) is 0 Å². The van der Waals surface area contributed by atoms with Gasteiger partial charge >= 0.3 is 12.0 Å². The Hall–Kier alpha value is -1.52. The second-order valence-electron chi connectivity index (χ2n) is 5.33. The van der Waals surface area contributed by atoms with Gasteiger partial charge in [0.25, 0.3) is 0 Å². The van der Waals surface area contributed by atoms with Crippen molar-refractivity contribution in [3.63, 3.8) is 0 Å². The summed E-state index contributed by atoms with van der Waals surface area (Å²) in [4.78, 5) is 25.2. The highest BCUT2D eigenvalue weighted by Gasteiger charge is 2.42. The number of piperidine rings is 1. The lowest BCUT2D eigenvalue weighted by molar-refractivity contribution is -0.152. The maximum atomic E-state index is 12.1. The zero-order valence-electron chi connectivity index (χ0n) is 11.8. The number of carboxylic acid groups (broad SMARTS) is 1. The molecule has 2 amide bonds. The number of rotatable bonds is 5. The molecule has 2 N–H and O–H groups in total. The van der Waals surface area contributed by atoms with Crippen LogP contribution in [0.25, 0.3) is 0 Å². The number of nitrogens with one attached hydrogen (secondary N) is 1. The van der Waals surface area contributed by atoms with Crippen LogP contribution >= 0.6 is 0 Å². The molecule has 0 aliphatic carbocycles. The van der Waals surface area contributed by atoms with Crippen molar-refractivity contribution in [2.24, 2.45) is 5.41 Å². The first-order valence-electron chi connectivity index (χ1n) is 6.86. The summed E-state index contributed by atoms with van der Waals surface area (Å²) in [5.74, 6) is -0.788. The Bertz CT molecular complexity index is 353. The van der Waals surface area contributed by atoms with Crippen LogP contribution in [0.4, 0.5) is 4.79 Å². The van der Waals surface area contributed by atoms with Crippen LogP contribution in [0.1, 0.15) is 39.5 Å². The van der Waals surface area contributed by atoms with Crippen molar-refractivity contribution in [1.82, 2.24) is 10.2 Å². The predicted octanol–water partition coefficient (Wildman–Crippen LogP) is 2.24. The summed E-state index contributed by atoms with van der Waals surface area (Å²) in [6, 6.07) is -0.311. The predicted molar refractivity (Wildman–Crippen MR) is 74.0 cm³/mol. The Balaban J connectivity index is 2.74. The number of amides is 2. The minimum absolute atomic E-state index is 0.111. The zero-order valence-corrected chi connectivity index (χ0v) is 11.8. The van der Waals surface area contributed by atoms with Crippen LogP contribution in [0, 0.1) is 5.41 Å². The molecular formula is C14H24N2O3. The van der Waals surface area contributed by atoms with Crippen molar-refractivity contribution >= 4 is 12.0 Å². The van der Waals surface area contributed by atoms with Crippen LogP contribution in [0.15, 0.2) is 12.7 Å². The van der Waals surface area contributed by atoms with Crippen molar-refractivity contribution in [3.05, 3.63) is 12.7 Å². The van der Waals surface area contributed by atoms with Gasteiger partial charge in [0.15, 0.2) is 0 Å². The molecule has 1 rings (SSSR count). The molecule has 0 radical (unpaired) electrons. The first kappa shape index (κ1) is 15.5. The summed E-state index contributed by atoms with van der Waals surface area (Å²) in [5.41, 5.74) is -0.776. The standard InChI is InChI=1S/C14H24N2O3/c1-4-7-14(12(17)18)8-6-9-16(10-14)13(19)15-11(3)5-2/h5,11H,2,4,6-10H2,1,3H3,(H,15,19)(H,17,18). The van der Waals surface area contributed by atoms with Crippen molar-refractivity contribution in [1.29, 1.82) is 0 Å². The second kappa shape index (κ2) is 6.59. The molecule has 0 spiro atoms. The lowest BCUT2D eigenvalue weighted by atomic mass is 9.76. The molecular weight excluding hydrogens is 244 g/mol. The summed E-state index contributed by atoms with van der Waals surface area (Å²) >= 11 is 0. The van der Waals surface area contributed by atoms with Crippen molar-refractivity contribution in [2.75, 3.05) is 13.1 Å². The molecule has 0 bridgehead atoms. The third-order valence-electron chi connectivity index (χ3n) is 3.75. The Morgan fingerprint density at radius 1 is 1.58 bits per heavy atom. The third-order valence-corrected chi connectivity index (χ3v) is 3.75. The van der Waals surface area contributed by atoms with Gasteiger partial charge < -0.3 is 15.3 Å². The summed E-state index contributed by atoms with van der Waals surface area (Å²) in [7, 11) is 0. The molecule has 1 saturated heterocycles. The number of nitrogens with zero attached hydrogens (tertiary/aromatic N) is 1. The monoisotopic (exact) mass is 268 g/mol. The highest BCUT2D eigenvalue weighted by Crippen LogP contribution is 2.35. The molecule has 1 heterocycles. The number of carbonyl (C=O) groups is 2. The minimum Gasteiger partial charge on any atom is -0.481 e. The van der Waals surface area contributed by atoms with Crippen LogP contribution in [0.3, 0.4) is 0 Å². The Labute approximate surface area is 114 Å². The van der Waals surface area contributed by atoms with Gasteiger partial charge in [-0.2, -0.15) is 0 Å². The third kappa shape index (κ3) is 3.72. The summed E-state index contributed by atoms with van der Waals surface area (Å²) in [6.07, 6.45) is 4.46. The van der Waals surface area contributed by atoms with E-state index in [1.54, 1.807) is 11.0 Å². The smallest absolute Gasteiger partial charge is 0.317 e. The number of carboxylic acids is 1. The molecule has 1 fully saturated rings. The van der Waals surface area contributed by atoms with E-state index in [0.717, 1.165) is 12.8 Å². The molecule has 0 aromatic heterocycles. The fourth-order valence-corrected chi connectivity index (χ4v) is 2.61. The second-order valence-corrected chi connectivity index (χ2v) is 5.33. The van der Waals surface area contributed by atoms with Crippen LogP contribution in [-0.2, 0) is 4.79 Å². The van der Waals surface area contributed by atoms with Crippen LogP contribution in [0.5, 0.6) is 0 Å². The van der Waals surface area contributed by atoms with Crippen molar-refractivity contribution in [3.8, 4) is 0 Å². The first-order valence-corrected chi connectivity index (χ1v) is 6.86.